The SMILES string of the molecule is COCC1CC2CCC(C1)N2c1nc(N2C3CCC2COC3)c2c(-c3ccccc3OC)csc2n1. The van der Waals surface area contributed by atoms with Crippen LogP contribution in [-0.2, 0) is 9.47 Å². The Morgan fingerprint density at radius 3 is 2.36 bits per heavy atom. The maximum atomic E-state index is 5.95. The number of hydrogen-bond donors (Lipinski definition) is 0. The highest BCUT2D eigenvalue weighted by atomic mass is 32.1. The maximum Gasteiger partial charge on any atom is 0.229 e. The van der Waals surface area contributed by atoms with Crippen LogP contribution in [0.3, 0.4) is 0 Å². The van der Waals surface area contributed by atoms with Crippen LogP contribution in [0.1, 0.15) is 38.5 Å². The molecule has 190 valence electrons. The van der Waals surface area contributed by atoms with Gasteiger partial charge in [-0.1, -0.05) is 18.2 Å². The van der Waals surface area contributed by atoms with E-state index in [0.29, 0.717) is 30.1 Å². The van der Waals surface area contributed by atoms with Gasteiger partial charge in [0.25, 0.3) is 0 Å². The van der Waals surface area contributed by atoms with Gasteiger partial charge in [-0.15, -0.1) is 11.3 Å². The number of hydrogen-bond acceptors (Lipinski definition) is 8. The predicted molar refractivity (Wildman–Crippen MR) is 143 cm³/mol. The van der Waals surface area contributed by atoms with Crippen molar-refractivity contribution in [1.29, 1.82) is 0 Å². The largest absolute Gasteiger partial charge is 0.496 e. The van der Waals surface area contributed by atoms with E-state index in [4.69, 9.17) is 24.2 Å². The first kappa shape index (κ1) is 22.8. The number of aromatic nitrogens is 2. The van der Waals surface area contributed by atoms with Crippen molar-refractivity contribution in [3.63, 3.8) is 0 Å². The fourth-order valence-electron chi connectivity index (χ4n) is 7.24. The molecule has 3 aromatic rings. The molecule has 6 heterocycles. The van der Waals surface area contributed by atoms with E-state index in [1.165, 1.54) is 31.2 Å². The number of ether oxygens (including phenoxy) is 3. The van der Waals surface area contributed by atoms with Crippen LogP contribution < -0.4 is 14.5 Å². The third-order valence-corrected chi connectivity index (χ3v) is 9.62. The molecule has 4 saturated heterocycles. The van der Waals surface area contributed by atoms with E-state index in [0.717, 1.165) is 66.0 Å². The average Bonchev–Trinajstić information content (AvgIpc) is 3.52. The van der Waals surface area contributed by atoms with Gasteiger partial charge in [-0.05, 0) is 50.5 Å². The molecule has 4 unspecified atom stereocenters. The lowest BCUT2D eigenvalue weighted by Gasteiger charge is -2.40. The minimum atomic E-state index is 0.379. The number of benzene rings is 1. The first-order valence-corrected chi connectivity index (χ1v) is 14.2. The molecule has 0 aliphatic carbocycles. The Labute approximate surface area is 216 Å². The van der Waals surface area contributed by atoms with Gasteiger partial charge in [-0.25, -0.2) is 4.98 Å². The van der Waals surface area contributed by atoms with Crippen molar-refractivity contribution < 1.29 is 14.2 Å². The third-order valence-electron chi connectivity index (χ3n) is 8.75. The molecular weight excluding hydrogens is 472 g/mol. The van der Waals surface area contributed by atoms with Gasteiger partial charge in [0.1, 0.15) is 16.4 Å². The number of morpholine rings is 1. The Bertz CT molecular complexity index is 1230. The maximum absolute atomic E-state index is 5.95. The second-order valence-electron chi connectivity index (χ2n) is 10.8. The van der Waals surface area contributed by atoms with Crippen molar-refractivity contribution in [2.45, 2.75) is 62.7 Å². The Kier molecular flexibility index (Phi) is 5.78. The summed E-state index contributed by atoms with van der Waals surface area (Å²) in [6, 6.07) is 10.1. The Morgan fingerprint density at radius 2 is 1.64 bits per heavy atom. The van der Waals surface area contributed by atoms with E-state index in [-0.39, 0.29) is 0 Å². The zero-order valence-electron chi connectivity index (χ0n) is 21.1. The fraction of sp³-hybridized carbons (Fsp3) is 0.571. The molecule has 4 bridgehead atoms. The van der Waals surface area contributed by atoms with Gasteiger partial charge in [-0.3, -0.25) is 0 Å². The molecule has 0 radical (unpaired) electrons. The van der Waals surface area contributed by atoms with Crippen LogP contribution in [-0.4, -0.2) is 68.2 Å². The van der Waals surface area contributed by atoms with Crippen LogP contribution in [0, 0.1) is 5.92 Å². The number of piperidine rings is 1. The lowest BCUT2D eigenvalue weighted by Crippen LogP contribution is -2.47. The Morgan fingerprint density at radius 1 is 0.917 bits per heavy atom. The highest BCUT2D eigenvalue weighted by Crippen LogP contribution is 2.47. The zero-order valence-corrected chi connectivity index (χ0v) is 21.9. The quantitative estimate of drug-likeness (QED) is 0.459. The summed E-state index contributed by atoms with van der Waals surface area (Å²) >= 11 is 1.73. The first-order valence-electron chi connectivity index (χ1n) is 13.3. The summed E-state index contributed by atoms with van der Waals surface area (Å²) in [4.78, 5) is 16.9. The molecule has 4 fully saturated rings. The summed E-state index contributed by atoms with van der Waals surface area (Å²) in [5.41, 5.74) is 2.27. The first-order chi connectivity index (χ1) is 17.7. The molecule has 0 N–H and O–H groups in total. The summed E-state index contributed by atoms with van der Waals surface area (Å²) in [5.74, 6) is 3.53. The second kappa shape index (κ2) is 9.15. The van der Waals surface area contributed by atoms with E-state index in [1.807, 2.05) is 19.2 Å². The molecule has 4 aliphatic rings. The molecule has 0 saturated carbocycles. The van der Waals surface area contributed by atoms with E-state index in [1.54, 1.807) is 18.4 Å². The Hall–Kier alpha value is -2.42. The van der Waals surface area contributed by atoms with Crippen molar-refractivity contribution in [2.75, 3.05) is 43.8 Å². The molecule has 2 aromatic heterocycles. The van der Waals surface area contributed by atoms with E-state index in [2.05, 4.69) is 27.3 Å². The smallest absolute Gasteiger partial charge is 0.229 e. The summed E-state index contributed by atoms with van der Waals surface area (Å²) in [5, 5.41) is 3.40. The highest BCUT2D eigenvalue weighted by molar-refractivity contribution is 7.17. The zero-order chi connectivity index (χ0) is 24.2. The molecule has 0 amide bonds. The molecule has 1 aromatic carbocycles. The molecule has 36 heavy (non-hydrogen) atoms. The molecule has 0 spiro atoms. The van der Waals surface area contributed by atoms with Gasteiger partial charge < -0.3 is 24.0 Å². The predicted octanol–water partition coefficient (Wildman–Crippen LogP) is 5.13. The van der Waals surface area contributed by atoms with Crippen LogP contribution in [0.25, 0.3) is 21.3 Å². The summed E-state index contributed by atoms with van der Waals surface area (Å²) < 4.78 is 17.2. The lowest BCUT2D eigenvalue weighted by atomic mass is 9.91. The summed E-state index contributed by atoms with van der Waals surface area (Å²) in [7, 11) is 3.57. The number of rotatable bonds is 6. The third kappa shape index (κ3) is 3.60. The van der Waals surface area contributed by atoms with Crippen molar-refractivity contribution >= 4 is 33.3 Å². The molecular formula is C28H34N4O3S. The van der Waals surface area contributed by atoms with Crippen molar-refractivity contribution in [3.05, 3.63) is 29.6 Å². The molecule has 4 atom stereocenters. The summed E-state index contributed by atoms with van der Waals surface area (Å²) in [6.07, 6.45) is 7.10. The van der Waals surface area contributed by atoms with Gasteiger partial charge in [0, 0.05) is 42.3 Å². The van der Waals surface area contributed by atoms with Crippen LogP contribution in [0.2, 0.25) is 0 Å². The number of para-hydroxylation sites is 1. The molecule has 7 rings (SSSR count). The number of methoxy groups -OCH3 is 2. The minimum absolute atomic E-state index is 0.379. The summed E-state index contributed by atoms with van der Waals surface area (Å²) in [6.45, 7) is 2.41. The second-order valence-corrected chi connectivity index (χ2v) is 11.6. The highest BCUT2D eigenvalue weighted by Gasteiger charge is 2.44. The molecule has 4 aliphatic heterocycles. The lowest BCUT2D eigenvalue weighted by molar-refractivity contribution is 0.0904. The van der Waals surface area contributed by atoms with Crippen LogP contribution >= 0.6 is 11.3 Å². The minimum Gasteiger partial charge on any atom is -0.496 e. The van der Waals surface area contributed by atoms with Crippen LogP contribution in [0.15, 0.2) is 29.6 Å². The van der Waals surface area contributed by atoms with Crippen LogP contribution in [0.5, 0.6) is 5.75 Å². The normalized spacial score (nSPS) is 29.3. The van der Waals surface area contributed by atoms with Crippen molar-refractivity contribution in [2.24, 2.45) is 5.92 Å². The van der Waals surface area contributed by atoms with Gasteiger partial charge >= 0.3 is 0 Å². The number of anilines is 2. The molecule has 8 heteroatoms. The molecule has 7 nitrogen and oxygen atoms in total. The topological polar surface area (TPSA) is 60.0 Å². The van der Waals surface area contributed by atoms with Gasteiger partial charge in [-0.2, -0.15) is 4.98 Å². The average molecular weight is 507 g/mol. The van der Waals surface area contributed by atoms with Gasteiger partial charge in [0.2, 0.25) is 5.95 Å². The number of thiophene rings is 1. The Balaban J connectivity index is 1.37. The van der Waals surface area contributed by atoms with Gasteiger partial charge in [0.05, 0.1) is 37.8 Å². The van der Waals surface area contributed by atoms with Crippen molar-refractivity contribution in [1.82, 2.24) is 9.97 Å². The van der Waals surface area contributed by atoms with Crippen LogP contribution in [0.4, 0.5) is 11.8 Å². The monoisotopic (exact) mass is 506 g/mol. The van der Waals surface area contributed by atoms with Gasteiger partial charge in [0.15, 0.2) is 0 Å². The van der Waals surface area contributed by atoms with E-state index < -0.39 is 0 Å². The standard InChI is InChI=1S/C28H34N4O3S/c1-33-13-17-11-18-7-8-19(12-17)32(18)28-29-26(31-20-9-10-21(31)15-35-14-20)25-23(16-36-27(25)30-28)22-5-3-4-6-24(22)34-2/h3-6,16-21H,7-15H2,1-2H3. The fourth-order valence-corrected chi connectivity index (χ4v) is 8.17. The van der Waals surface area contributed by atoms with Crippen molar-refractivity contribution in [3.8, 4) is 16.9 Å². The number of nitrogens with zero attached hydrogens (tertiary/aromatic N) is 4. The van der Waals surface area contributed by atoms with E-state index >= 15 is 0 Å². The number of fused-ring (bicyclic) bond motifs is 5. The van der Waals surface area contributed by atoms with E-state index in [9.17, 15) is 0 Å².